The number of ether oxygens (including phenoxy) is 1. The molecule has 0 aliphatic rings. The molecular formula is C19H24N2O4S. The third-order valence-electron chi connectivity index (χ3n) is 3.57. The van der Waals surface area contributed by atoms with E-state index in [0.29, 0.717) is 24.4 Å². The molecule has 0 heterocycles. The summed E-state index contributed by atoms with van der Waals surface area (Å²) in [6.45, 7) is 2.88. The van der Waals surface area contributed by atoms with Gasteiger partial charge in [0.1, 0.15) is 12.4 Å². The predicted molar refractivity (Wildman–Crippen MR) is 103 cm³/mol. The Morgan fingerprint density at radius 1 is 1.04 bits per heavy atom. The van der Waals surface area contributed by atoms with Crippen LogP contribution in [-0.4, -0.2) is 33.7 Å². The first-order valence-electron chi connectivity index (χ1n) is 8.45. The molecule has 26 heavy (non-hydrogen) atoms. The van der Waals surface area contributed by atoms with Gasteiger partial charge in [-0.3, -0.25) is 9.52 Å². The number of carbonyl (C=O) groups is 1. The fraction of sp³-hybridized carbons (Fsp3) is 0.316. The summed E-state index contributed by atoms with van der Waals surface area (Å²) in [4.78, 5) is 12.1. The van der Waals surface area contributed by atoms with Gasteiger partial charge in [-0.05, 0) is 48.4 Å². The zero-order valence-electron chi connectivity index (χ0n) is 15.0. The maximum atomic E-state index is 12.1. The van der Waals surface area contributed by atoms with Crippen molar-refractivity contribution in [2.45, 2.75) is 19.8 Å². The molecule has 0 atom stereocenters. The predicted octanol–water partition coefficient (Wildman–Crippen LogP) is 2.82. The van der Waals surface area contributed by atoms with E-state index in [2.05, 4.69) is 17.0 Å². The fourth-order valence-electron chi connectivity index (χ4n) is 2.38. The van der Waals surface area contributed by atoms with Crippen molar-refractivity contribution in [2.75, 3.05) is 24.1 Å². The Hall–Kier alpha value is -2.54. The topological polar surface area (TPSA) is 84.5 Å². The summed E-state index contributed by atoms with van der Waals surface area (Å²) in [6, 6.07) is 14.2. The Morgan fingerprint density at radius 2 is 1.69 bits per heavy atom. The third-order valence-corrected chi connectivity index (χ3v) is 4.18. The van der Waals surface area contributed by atoms with E-state index in [1.807, 2.05) is 24.3 Å². The minimum atomic E-state index is -3.33. The molecule has 1 amide bonds. The van der Waals surface area contributed by atoms with Crippen molar-refractivity contribution < 1.29 is 17.9 Å². The number of hydrogen-bond donors (Lipinski definition) is 2. The van der Waals surface area contributed by atoms with Gasteiger partial charge in [-0.15, -0.1) is 0 Å². The van der Waals surface area contributed by atoms with E-state index < -0.39 is 10.0 Å². The number of benzene rings is 2. The average molecular weight is 376 g/mol. The van der Waals surface area contributed by atoms with E-state index >= 15 is 0 Å². The molecule has 2 aromatic rings. The second kappa shape index (κ2) is 9.24. The molecule has 2 N–H and O–H groups in total. The molecular weight excluding hydrogens is 352 g/mol. The normalized spacial score (nSPS) is 11.0. The zero-order valence-corrected chi connectivity index (χ0v) is 15.8. The van der Waals surface area contributed by atoms with Gasteiger partial charge in [0.2, 0.25) is 10.0 Å². The molecule has 140 valence electrons. The molecule has 0 bridgehead atoms. The lowest BCUT2D eigenvalue weighted by atomic mass is 10.1. The van der Waals surface area contributed by atoms with Crippen LogP contribution in [0.1, 0.15) is 29.3 Å². The summed E-state index contributed by atoms with van der Waals surface area (Å²) < 4.78 is 30.3. The van der Waals surface area contributed by atoms with Crippen LogP contribution < -0.4 is 14.8 Å². The first kappa shape index (κ1) is 19.8. The Bertz CT molecular complexity index is 816. The average Bonchev–Trinajstić information content (AvgIpc) is 2.59. The van der Waals surface area contributed by atoms with Gasteiger partial charge in [0, 0.05) is 11.3 Å². The summed E-state index contributed by atoms with van der Waals surface area (Å²) in [6.07, 6.45) is 3.23. The van der Waals surface area contributed by atoms with Gasteiger partial charge in [0.25, 0.3) is 5.91 Å². The monoisotopic (exact) mass is 376 g/mol. The van der Waals surface area contributed by atoms with E-state index in [9.17, 15) is 13.2 Å². The molecule has 0 fully saturated rings. The van der Waals surface area contributed by atoms with Crippen molar-refractivity contribution in [3.63, 3.8) is 0 Å². The van der Waals surface area contributed by atoms with Crippen molar-refractivity contribution in [3.05, 3.63) is 59.7 Å². The van der Waals surface area contributed by atoms with Crippen LogP contribution >= 0.6 is 0 Å². The molecule has 0 aliphatic carbocycles. The molecule has 0 aliphatic heterocycles. The molecule has 0 saturated carbocycles. The number of hydrogen-bond acceptors (Lipinski definition) is 4. The van der Waals surface area contributed by atoms with Crippen molar-refractivity contribution in [1.82, 2.24) is 5.32 Å². The Morgan fingerprint density at radius 3 is 2.27 bits per heavy atom. The number of nitrogens with one attached hydrogen (secondary N) is 2. The van der Waals surface area contributed by atoms with Crippen molar-refractivity contribution in [2.24, 2.45) is 0 Å². The smallest absolute Gasteiger partial charge is 0.251 e. The molecule has 0 radical (unpaired) electrons. The lowest BCUT2D eigenvalue weighted by Gasteiger charge is -2.09. The van der Waals surface area contributed by atoms with Crippen molar-refractivity contribution in [1.29, 1.82) is 0 Å². The summed E-state index contributed by atoms with van der Waals surface area (Å²) in [5.41, 5.74) is 2.15. The van der Waals surface area contributed by atoms with Gasteiger partial charge in [-0.1, -0.05) is 25.5 Å². The van der Waals surface area contributed by atoms with Crippen LogP contribution in [-0.2, 0) is 16.4 Å². The van der Waals surface area contributed by atoms with Crippen molar-refractivity contribution in [3.8, 4) is 5.75 Å². The fourth-order valence-corrected chi connectivity index (χ4v) is 2.94. The van der Waals surface area contributed by atoms with E-state index in [4.69, 9.17) is 4.74 Å². The molecule has 6 nitrogen and oxygen atoms in total. The van der Waals surface area contributed by atoms with Crippen LogP contribution in [0, 0.1) is 0 Å². The van der Waals surface area contributed by atoms with E-state index in [-0.39, 0.29) is 5.91 Å². The minimum Gasteiger partial charge on any atom is -0.492 e. The quantitative estimate of drug-likeness (QED) is 0.659. The Labute approximate surface area is 154 Å². The molecule has 0 aromatic heterocycles. The molecule has 2 rings (SSSR count). The number of aryl methyl sites for hydroxylation is 1. The number of anilines is 1. The highest BCUT2D eigenvalue weighted by atomic mass is 32.2. The minimum absolute atomic E-state index is 0.238. The van der Waals surface area contributed by atoms with Crippen LogP contribution in [0.25, 0.3) is 0 Å². The summed E-state index contributed by atoms with van der Waals surface area (Å²) in [7, 11) is -3.33. The van der Waals surface area contributed by atoms with E-state index in [1.54, 1.807) is 24.3 Å². The molecule has 7 heteroatoms. The Kier molecular flexibility index (Phi) is 7.03. The molecule has 0 spiro atoms. The van der Waals surface area contributed by atoms with Gasteiger partial charge in [0.05, 0.1) is 12.8 Å². The van der Waals surface area contributed by atoms with Crippen molar-refractivity contribution >= 4 is 21.6 Å². The molecule has 0 unspecified atom stereocenters. The number of sulfonamides is 1. The summed E-state index contributed by atoms with van der Waals surface area (Å²) in [5, 5.41) is 2.77. The highest BCUT2D eigenvalue weighted by Gasteiger charge is 2.06. The first-order chi connectivity index (χ1) is 12.4. The van der Waals surface area contributed by atoms with Gasteiger partial charge in [-0.2, -0.15) is 0 Å². The maximum Gasteiger partial charge on any atom is 0.251 e. The van der Waals surface area contributed by atoms with Crippen LogP contribution in [0.5, 0.6) is 5.75 Å². The van der Waals surface area contributed by atoms with Gasteiger partial charge >= 0.3 is 0 Å². The lowest BCUT2D eigenvalue weighted by molar-refractivity contribution is 0.0947. The van der Waals surface area contributed by atoms with Crippen LogP contribution in [0.15, 0.2) is 48.5 Å². The van der Waals surface area contributed by atoms with E-state index in [1.165, 1.54) is 5.56 Å². The third kappa shape index (κ3) is 6.76. The SMILES string of the molecule is CCCc1ccc(OCCNC(=O)c2ccc(NS(C)(=O)=O)cc2)cc1. The van der Waals surface area contributed by atoms with Crippen LogP contribution in [0.4, 0.5) is 5.69 Å². The molecule has 2 aromatic carbocycles. The van der Waals surface area contributed by atoms with Crippen LogP contribution in [0.2, 0.25) is 0 Å². The zero-order chi connectivity index (χ0) is 19.0. The number of rotatable bonds is 9. The first-order valence-corrected chi connectivity index (χ1v) is 10.3. The lowest BCUT2D eigenvalue weighted by Crippen LogP contribution is -2.28. The molecule has 0 saturated heterocycles. The van der Waals surface area contributed by atoms with Gasteiger partial charge in [0.15, 0.2) is 0 Å². The second-order valence-electron chi connectivity index (χ2n) is 5.95. The maximum absolute atomic E-state index is 12.1. The standard InChI is InChI=1S/C19H24N2O4S/c1-3-4-15-5-11-18(12-6-15)25-14-13-20-19(22)16-7-9-17(10-8-16)21-26(2,23)24/h5-12,21H,3-4,13-14H2,1-2H3,(H,20,22). The van der Waals surface area contributed by atoms with E-state index in [0.717, 1.165) is 24.8 Å². The Balaban J connectivity index is 1.76. The number of amides is 1. The number of carbonyl (C=O) groups excluding carboxylic acids is 1. The van der Waals surface area contributed by atoms with Crippen LogP contribution in [0.3, 0.4) is 0 Å². The largest absolute Gasteiger partial charge is 0.492 e. The summed E-state index contributed by atoms with van der Waals surface area (Å²) in [5.74, 6) is 0.535. The van der Waals surface area contributed by atoms with Gasteiger partial charge < -0.3 is 10.1 Å². The van der Waals surface area contributed by atoms with Gasteiger partial charge in [-0.25, -0.2) is 8.42 Å². The summed E-state index contributed by atoms with van der Waals surface area (Å²) >= 11 is 0. The second-order valence-corrected chi connectivity index (χ2v) is 7.70. The highest BCUT2D eigenvalue weighted by Crippen LogP contribution is 2.13. The highest BCUT2D eigenvalue weighted by molar-refractivity contribution is 7.92.